The predicted molar refractivity (Wildman–Crippen MR) is 179 cm³/mol. The monoisotopic (exact) mass is 596 g/mol. The third-order valence-corrected chi connectivity index (χ3v) is 9.37. The molecular formula is C37H48N4O3. The number of nitrogens with one attached hydrogen (secondary N) is 2. The van der Waals surface area contributed by atoms with E-state index >= 15 is 0 Å². The highest BCUT2D eigenvalue weighted by Gasteiger charge is 2.25. The van der Waals surface area contributed by atoms with Gasteiger partial charge in [0.2, 0.25) is 0 Å². The molecule has 1 aromatic heterocycles. The zero-order chi connectivity index (χ0) is 31.2. The van der Waals surface area contributed by atoms with Gasteiger partial charge >= 0.3 is 0 Å². The summed E-state index contributed by atoms with van der Waals surface area (Å²) in [5, 5.41) is 3.05. The highest BCUT2D eigenvalue weighted by atomic mass is 16.5. The van der Waals surface area contributed by atoms with Crippen molar-refractivity contribution < 1.29 is 9.53 Å². The topological polar surface area (TPSA) is 77.7 Å². The molecule has 2 aliphatic rings. The fourth-order valence-electron chi connectivity index (χ4n) is 6.75. The molecule has 2 N–H and O–H groups in total. The van der Waals surface area contributed by atoms with E-state index in [-0.39, 0.29) is 18.0 Å². The lowest BCUT2D eigenvalue weighted by atomic mass is 9.86. The van der Waals surface area contributed by atoms with Gasteiger partial charge in [-0.05, 0) is 92.5 Å². The standard InChI is InChI=1S/C37H48N4O3/c1-6-41(28(5)30-10-8-7-9-11-30)35-22-32(31-14-12-29(13-15-31)24-40-16-18-44-19-17-40)21-33(27(35)4)36(42)38-23-34-25(2)20-26(3)39-37(34)43/h12-15,20-22,30H,5-11,16-19,23-24H2,1-4H3,(H,38,42)(H,39,43). The maximum atomic E-state index is 13.8. The summed E-state index contributed by atoms with van der Waals surface area (Å²) in [4.78, 5) is 34.1. The van der Waals surface area contributed by atoms with E-state index in [0.29, 0.717) is 17.0 Å². The zero-order valence-electron chi connectivity index (χ0n) is 26.9. The van der Waals surface area contributed by atoms with Crippen molar-refractivity contribution in [3.8, 4) is 11.1 Å². The molecule has 3 aromatic rings. The minimum Gasteiger partial charge on any atom is -0.379 e. The highest BCUT2D eigenvalue weighted by molar-refractivity contribution is 5.99. The number of rotatable bonds is 10. The molecule has 0 radical (unpaired) electrons. The second kappa shape index (κ2) is 14.4. The number of nitrogens with zero attached hydrogens (tertiary/aromatic N) is 2. The molecule has 0 unspecified atom stereocenters. The molecule has 2 aromatic carbocycles. The van der Waals surface area contributed by atoms with Gasteiger partial charge in [-0.15, -0.1) is 0 Å². The third-order valence-electron chi connectivity index (χ3n) is 9.37. The third kappa shape index (κ3) is 7.33. The number of carbonyl (C=O) groups is 1. The molecule has 1 amide bonds. The van der Waals surface area contributed by atoms with Gasteiger partial charge in [-0.2, -0.15) is 0 Å². The first-order chi connectivity index (χ1) is 21.2. The number of benzene rings is 2. The maximum absolute atomic E-state index is 13.8. The fourth-order valence-corrected chi connectivity index (χ4v) is 6.75. The zero-order valence-corrected chi connectivity index (χ0v) is 26.9. The molecule has 234 valence electrons. The first-order valence-corrected chi connectivity index (χ1v) is 16.2. The Kier molecular flexibility index (Phi) is 10.4. The molecule has 44 heavy (non-hydrogen) atoms. The lowest BCUT2D eigenvalue weighted by Crippen LogP contribution is -2.35. The Labute approximate surface area is 262 Å². The van der Waals surface area contributed by atoms with Crippen LogP contribution in [-0.2, 0) is 17.8 Å². The average Bonchev–Trinajstić information content (AvgIpc) is 3.03. The van der Waals surface area contributed by atoms with Crippen LogP contribution < -0.4 is 15.8 Å². The van der Waals surface area contributed by atoms with Crippen molar-refractivity contribution in [2.24, 2.45) is 5.92 Å². The number of amides is 1. The molecule has 0 bridgehead atoms. The fraction of sp³-hybridized carbons (Fsp3) is 0.459. The van der Waals surface area contributed by atoms with Gasteiger partial charge in [-0.3, -0.25) is 14.5 Å². The van der Waals surface area contributed by atoms with Crippen LogP contribution in [0.2, 0.25) is 0 Å². The van der Waals surface area contributed by atoms with Crippen molar-refractivity contribution in [1.82, 2.24) is 15.2 Å². The van der Waals surface area contributed by atoms with Crippen LogP contribution in [0.15, 0.2) is 59.5 Å². The van der Waals surface area contributed by atoms with Gasteiger partial charge in [0.1, 0.15) is 0 Å². The second-order valence-electron chi connectivity index (χ2n) is 12.4. The van der Waals surface area contributed by atoms with Crippen LogP contribution >= 0.6 is 0 Å². The quantitative estimate of drug-likeness (QED) is 0.274. The van der Waals surface area contributed by atoms with E-state index in [0.717, 1.165) is 91.6 Å². The van der Waals surface area contributed by atoms with Crippen LogP contribution in [0, 0.1) is 26.7 Å². The number of aryl methyl sites for hydroxylation is 2. The van der Waals surface area contributed by atoms with Gasteiger partial charge in [0.15, 0.2) is 0 Å². The Bertz CT molecular complexity index is 1530. The van der Waals surface area contributed by atoms with Crippen LogP contribution in [-0.4, -0.2) is 48.6 Å². The Morgan fingerprint density at radius 2 is 1.73 bits per heavy atom. The van der Waals surface area contributed by atoms with Crippen LogP contribution in [0.1, 0.15) is 77.3 Å². The highest BCUT2D eigenvalue weighted by Crippen LogP contribution is 2.37. The molecule has 2 heterocycles. The largest absolute Gasteiger partial charge is 0.379 e. The Morgan fingerprint density at radius 3 is 2.39 bits per heavy atom. The molecule has 7 heteroatoms. The lowest BCUT2D eigenvalue weighted by molar-refractivity contribution is 0.0342. The number of carbonyl (C=O) groups excluding carboxylic acids is 1. The van der Waals surface area contributed by atoms with E-state index in [1.54, 1.807) is 0 Å². The minimum atomic E-state index is -0.187. The van der Waals surface area contributed by atoms with Crippen molar-refractivity contribution in [1.29, 1.82) is 0 Å². The summed E-state index contributed by atoms with van der Waals surface area (Å²) < 4.78 is 5.51. The molecule has 0 atom stereocenters. The van der Waals surface area contributed by atoms with Crippen LogP contribution in [0.25, 0.3) is 11.1 Å². The normalized spacial score (nSPS) is 16.1. The summed E-state index contributed by atoms with van der Waals surface area (Å²) in [5.41, 5.74) is 9.12. The molecule has 2 fully saturated rings. The van der Waals surface area contributed by atoms with Gasteiger partial charge in [-0.1, -0.05) is 50.1 Å². The first-order valence-electron chi connectivity index (χ1n) is 16.2. The lowest BCUT2D eigenvalue weighted by Gasteiger charge is -2.34. The van der Waals surface area contributed by atoms with Crippen molar-refractivity contribution in [3.05, 3.63) is 98.6 Å². The number of H-pyrrole nitrogens is 1. The van der Waals surface area contributed by atoms with Crippen molar-refractivity contribution in [3.63, 3.8) is 0 Å². The minimum absolute atomic E-state index is 0.160. The first kappa shape index (κ1) is 31.7. The summed E-state index contributed by atoms with van der Waals surface area (Å²) in [7, 11) is 0. The van der Waals surface area contributed by atoms with Crippen molar-refractivity contribution >= 4 is 11.6 Å². The summed E-state index contributed by atoms with van der Waals surface area (Å²) in [6.45, 7) is 17.9. The molecule has 1 aliphatic heterocycles. The number of hydrogen-bond donors (Lipinski definition) is 2. The van der Waals surface area contributed by atoms with E-state index in [2.05, 4.69) is 63.9 Å². The van der Waals surface area contributed by atoms with E-state index < -0.39 is 0 Å². The van der Waals surface area contributed by atoms with Gasteiger partial charge < -0.3 is 19.9 Å². The number of anilines is 1. The number of allylic oxidation sites excluding steroid dienone is 1. The van der Waals surface area contributed by atoms with E-state index in [1.165, 1.54) is 24.8 Å². The molecule has 7 nitrogen and oxygen atoms in total. The Morgan fingerprint density at radius 1 is 1.02 bits per heavy atom. The SMILES string of the molecule is C=C(C1CCCCC1)N(CC)c1cc(-c2ccc(CN3CCOCC3)cc2)cc(C(=O)NCc2c(C)cc(C)[nH]c2=O)c1C. The number of aromatic nitrogens is 1. The maximum Gasteiger partial charge on any atom is 0.253 e. The number of pyridine rings is 1. The van der Waals surface area contributed by atoms with Gasteiger partial charge in [0, 0.05) is 60.9 Å². The van der Waals surface area contributed by atoms with E-state index in [9.17, 15) is 9.59 Å². The summed E-state index contributed by atoms with van der Waals surface area (Å²) in [6, 6.07) is 14.8. The predicted octanol–water partition coefficient (Wildman–Crippen LogP) is 6.65. The number of ether oxygens (including phenoxy) is 1. The van der Waals surface area contributed by atoms with E-state index in [1.807, 2.05) is 32.9 Å². The van der Waals surface area contributed by atoms with Crippen LogP contribution in [0.4, 0.5) is 5.69 Å². The average molecular weight is 597 g/mol. The van der Waals surface area contributed by atoms with Crippen molar-refractivity contribution in [2.45, 2.75) is 72.9 Å². The number of hydrogen-bond acceptors (Lipinski definition) is 5. The molecule has 1 saturated carbocycles. The van der Waals surface area contributed by atoms with Crippen LogP contribution in [0.3, 0.4) is 0 Å². The Hall–Kier alpha value is -3.68. The second-order valence-corrected chi connectivity index (χ2v) is 12.4. The van der Waals surface area contributed by atoms with Crippen LogP contribution in [0.5, 0.6) is 0 Å². The smallest absolute Gasteiger partial charge is 0.253 e. The molecular weight excluding hydrogens is 548 g/mol. The molecule has 0 spiro atoms. The van der Waals surface area contributed by atoms with Gasteiger partial charge in [-0.25, -0.2) is 0 Å². The number of aromatic amines is 1. The summed E-state index contributed by atoms with van der Waals surface area (Å²) >= 11 is 0. The van der Waals surface area contributed by atoms with E-state index in [4.69, 9.17) is 4.74 Å². The Balaban J connectivity index is 1.48. The molecule has 1 aliphatic carbocycles. The van der Waals surface area contributed by atoms with Gasteiger partial charge in [0.05, 0.1) is 13.2 Å². The van der Waals surface area contributed by atoms with Gasteiger partial charge in [0.25, 0.3) is 11.5 Å². The summed E-state index contributed by atoms with van der Waals surface area (Å²) in [6.07, 6.45) is 6.09. The van der Waals surface area contributed by atoms with Crippen molar-refractivity contribution in [2.75, 3.05) is 37.7 Å². The summed E-state index contributed by atoms with van der Waals surface area (Å²) in [5.74, 6) is 0.271. The molecule has 5 rings (SSSR count). The molecule has 1 saturated heterocycles. The number of morpholine rings is 1.